The quantitative estimate of drug-likeness (QED) is 0.857. The molecular formula is C17H27N3O2S. The average Bonchev–Trinajstić information content (AvgIpc) is 3.08. The first-order chi connectivity index (χ1) is 11.2. The predicted molar refractivity (Wildman–Crippen MR) is 92.7 cm³/mol. The van der Waals surface area contributed by atoms with Crippen LogP contribution in [0.2, 0.25) is 0 Å². The third kappa shape index (κ3) is 4.53. The largest absolute Gasteiger partial charge is 0.378 e. The van der Waals surface area contributed by atoms with Gasteiger partial charge in [-0.2, -0.15) is 0 Å². The second-order valence-electron chi connectivity index (χ2n) is 6.58. The van der Waals surface area contributed by atoms with Gasteiger partial charge in [0.25, 0.3) is 0 Å². The van der Waals surface area contributed by atoms with Crippen molar-refractivity contribution >= 4 is 17.2 Å². The maximum Gasteiger partial charge on any atom is 0.221 e. The summed E-state index contributed by atoms with van der Waals surface area (Å²) in [5, 5.41) is 8.63. The van der Waals surface area contributed by atoms with Gasteiger partial charge in [-0.05, 0) is 43.8 Å². The summed E-state index contributed by atoms with van der Waals surface area (Å²) >= 11 is 1.82. The summed E-state index contributed by atoms with van der Waals surface area (Å²) in [4.78, 5) is 16.1. The van der Waals surface area contributed by atoms with Crippen LogP contribution in [-0.2, 0) is 9.53 Å². The number of ether oxygens (including phenoxy) is 1. The van der Waals surface area contributed by atoms with Gasteiger partial charge >= 0.3 is 0 Å². The van der Waals surface area contributed by atoms with Gasteiger partial charge in [0.2, 0.25) is 5.91 Å². The van der Waals surface area contributed by atoms with Gasteiger partial charge in [-0.15, -0.1) is 11.3 Å². The Bertz CT molecular complexity index is 488. The number of carbonyl (C=O) groups excluding carboxylic acids is 1. The molecule has 128 valence electrons. The van der Waals surface area contributed by atoms with Crippen LogP contribution in [0.5, 0.6) is 0 Å². The van der Waals surface area contributed by atoms with Crippen LogP contribution in [0.4, 0.5) is 0 Å². The molecule has 1 amide bonds. The minimum atomic E-state index is 0.131. The second-order valence-corrected chi connectivity index (χ2v) is 7.56. The molecule has 6 heteroatoms. The lowest BCUT2D eigenvalue weighted by atomic mass is 9.88. The van der Waals surface area contributed by atoms with Crippen molar-refractivity contribution < 1.29 is 9.53 Å². The lowest BCUT2D eigenvalue weighted by Gasteiger charge is -2.39. The van der Waals surface area contributed by atoms with Crippen LogP contribution in [-0.4, -0.2) is 56.7 Å². The number of morpholine rings is 1. The Balaban J connectivity index is 1.52. The van der Waals surface area contributed by atoms with Crippen molar-refractivity contribution in [1.82, 2.24) is 15.5 Å². The third-order valence-electron chi connectivity index (χ3n) is 4.83. The molecule has 0 aliphatic carbocycles. The number of piperidine rings is 1. The van der Waals surface area contributed by atoms with Gasteiger partial charge in [-0.1, -0.05) is 6.07 Å². The van der Waals surface area contributed by atoms with Gasteiger partial charge < -0.3 is 15.4 Å². The maximum atomic E-state index is 12.2. The molecule has 3 heterocycles. The number of amides is 1. The van der Waals surface area contributed by atoms with Gasteiger partial charge in [0.05, 0.1) is 13.2 Å². The predicted octanol–water partition coefficient (Wildman–Crippen LogP) is 1.63. The standard InChI is InChI=1S/C17H27N3O2S/c1-20-7-2-4-13(17(20)15-5-3-9-23-15)11-19-16(21)10-14-12-22-8-6-18-14/h3,5,9,13-14,17-18H,2,4,6-8,10-12H2,1H3,(H,19,21). The fourth-order valence-corrected chi connectivity index (χ4v) is 4.66. The number of thiophene rings is 1. The van der Waals surface area contributed by atoms with Crippen LogP contribution in [0.3, 0.4) is 0 Å². The smallest absolute Gasteiger partial charge is 0.221 e. The van der Waals surface area contributed by atoms with E-state index in [0.717, 1.165) is 26.2 Å². The van der Waals surface area contributed by atoms with E-state index in [2.05, 4.69) is 40.1 Å². The van der Waals surface area contributed by atoms with Crippen molar-refractivity contribution in [2.75, 3.05) is 39.9 Å². The van der Waals surface area contributed by atoms with Crippen LogP contribution in [0, 0.1) is 5.92 Å². The van der Waals surface area contributed by atoms with E-state index in [0.29, 0.717) is 25.0 Å². The number of nitrogens with one attached hydrogen (secondary N) is 2. The van der Waals surface area contributed by atoms with E-state index in [-0.39, 0.29) is 11.9 Å². The van der Waals surface area contributed by atoms with Crippen molar-refractivity contribution in [2.45, 2.75) is 31.3 Å². The van der Waals surface area contributed by atoms with E-state index in [1.807, 2.05) is 11.3 Å². The number of hydrogen-bond donors (Lipinski definition) is 2. The van der Waals surface area contributed by atoms with Crippen molar-refractivity contribution in [3.63, 3.8) is 0 Å². The molecule has 0 saturated carbocycles. The highest BCUT2D eigenvalue weighted by atomic mass is 32.1. The van der Waals surface area contributed by atoms with Gasteiger partial charge in [-0.25, -0.2) is 0 Å². The second kappa shape index (κ2) is 8.24. The van der Waals surface area contributed by atoms with E-state index >= 15 is 0 Å². The minimum Gasteiger partial charge on any atom is -0.378 e. The third-order valence-corrected chi connectivity index (χ3v) is 5.78. The molecule has 23 heavy (non-hydrogen) atoms. The molecule has 2 saturated heterocycles. The molecule has 5 nitrogen and oxygen atoms in total. The summed E-state index contributed by atoms with van der Waals surface area (Å²) < 4.78 is 5.41. The Morgan fingerprint density at radius 1 is 1.57 bits per heavy atom. The van der Waals surface area contributed by atoms with Crippen molar-refractivity contribution in [3.8, 4) is 0 Å². The van der Waals surface area contributed by atoms with Crippen molar-refractivity contribution in [1.29, 1.82) is 0 Å². The molecule has 3 rings (SSSR count). The zero-order valence-corrected chi connectivity index (χ0v) is 14.6. The fraction of sp³-hybridized carbons (Fsp3) is 0.706. The van der Waals surface area contributed by atoms with Gasteiger partial charge in [0.15, 0.2) is 0 Å². The van der Waals surface area contributed by atoms with Crippen LogP contribution in [0.15, 0.2) is 17.5 Å². The fourth-order valence-electron chi connectivity index (χ4n) is 3.67. The monoisotopic (exact) mass is 337 g/mol. The molecule has 0 aromatic carbocycles. The van der Waals surface area contributed by atoms with E-state index in [4.69, 9.17) is 4.74 Å². The summed E-state index contributed by atoms with van der Waals surface area (Å²) in [6.07, 6.45) is 2.89. The van der Waals surface area contributed by atoms with Crippen LogP contribution in [0.1, 0.15) is 30.2 Å². The number of likely N-dealkylation sites (tertiary alicyclic amines) is 1. The summed E-state index contributed by atoms with van der Waals surface area (Å²) in [7, 11) is 2.20. The first-order valence-corrected chi connectivity index (χ1v) is 9.43. The molecular weight excluding hydrogens is 310 g/mol. The lowest BCUT2D eigenvalue weighted by molar-refractivity contribution is -0.122. The van der Waals surface area contributed by atoms with Crippen LogP contribution < -0.4 is 10.6 Å². The lowest BCUT2D eigenvalue weighted by Crippen LogP contribution is -2.46. The van der Waals surface area contributed by atoms with Crippen LogP contribution in [0.25, 0.3) is 0 Å². The molecule has 0 radical (unpaired) electrons. The topological polar surface area (TPSA) is 53.6 Å². The molecule has 0 spiro atoms. The highest BCUT2D eigenvalue weighted by Crippen LogP contribution is 2.36. The molecule has 2 aliphatic rings. The molecule has 3 atom stereocenters. The molecule has 2 fully saturated rings. The SMILES string of the molecule is CN1CCCC(CNC(=O)CC2COCCN2)C1c1cccs1. The first-order valence-electron chi connectivity index (χ1n) is 8.55. The highest BCUT2D eigenvalue weighted by molar-refractivity contribution is 7.10. The molecule has 2 N–H and O–H groups in total. The van der Waals surface area contributed by atoms with E-state index in [1.165, 1.54) is 17.7 Å². The summed E-state index contributed by atoms with van der Waals surface area (Å²) in [5.74, 6) is 0.623. The molecule has 2 aliphatic heterocycles. The Hall–Kier alpha value is -0.950. The van der Waals surface area contributed by atoms with Gasteiger partial charge in [0, 0.05) is 36.5 Å². The van der Waals surface area contributed by atoms with Crippen LogP contribution >= 0.6 is 11.3 Å². The molecule has 3 unspecified atom stereocenters. The summed E-state index contributed by atoms with van der Waals surface area (Å²) in [6.45, 7) is 4.12. The van der Waals surface area contributed by atoms with E-state index < -0.39 is 0 Å². The number of carbonyl (C=O) groups is 1. The van der Waals surface area contributed by atoms with Gasteiger partial charge in [-0.3, -0.25) is 9.69 Å². The van der Waals surface area contributed by atoms with Crippen molar-refractivity contribution in [2.24, 2.45) is 5.92 Å². The molecule has 1 aromatic rings. The highest BCUT2D eigenvalue weighted by Gasteiger charge is 2.31. The average molecular weight is 337 g/mol. The Labute approximate surface area is 142 Å². The zero-order valence-electron chi connectivity index (χ0n) is 13.8. The summed E-state index contributed by atoms with van der Waals surface area (Å²) in [6, 6.07) is 4.92. The Morgan fingerprint density at radius 2 is 2.48 bits per heavy atom. The number of nitrogens with zero attached hydrogens (tertiary/aromatic N) is 1. The zero-order chi connectivity index (χ0) is 16.1. The number of hydrogen-bond acceptors (Lipinski definition) is 5. The van der Waals surface area contributed by atoms with E-state index in [1.54, 1.807) is 0 Å². The first kappa shape index (κ1) is 16.9. The van der Waals surface area contributed by atoms with Gasteiger partial charge in [0.1, 0.15) is 0 Å². The molecule has 1 aromatic heterocycles. The van der Waals surface area contributed by atoms with E-state index in [9.17, 15) is 4.79 Å². The Morgan fingerprint density at radius 3 is 3.22 bits per heavy atom. The Kier molecular flexibility index (Phi) is 6.05. The normalized spacial score (nSPS) is 29.3. The van der Waals surface area contributed by atoms with Crippen molar-refractivity contribution in [3.05, 3.63) is 22.4 Å². The number of rotatable bonds is 5. The molecule has 0 bridgehead atoms. The minimum absolute atomic E-state index is 0.131. The maximum absolute atomic E-state index is 12.2. The summed E-state index contributed by atoms with van der Waals surface area (Å²) in [5.41, 5.74) is 0.